The summed E-state index contributed by atoms with van der Waals surface area (Å²) < 4.78 is 27.4. The van der Waals surface area contributed by atoms with E-state index < -0.39 is 34.4 Å². The van der Waals surface area contributed by atoms with Crippen molar-refractivity contribution in [1.29, 1.82) is 0 Å². The summed E-state index contributed by atoms with van der Waals surface area (Å²) in [6.45, 7) is -0.496. The first-order valence-electron chi connectivity index (χ1n) is 7.69. The number of nitrogens with one attached hydrogen (secondary N) is 1. The molecule has 1 aliphatic heterocycles. The second kappa shape index (κ2) is 8.44. The van der Waals surface area contributed by atoms with E-state index in [-0.39, 0.29) is 30.1 Å². The number of amides is 1. The van der Waals surface area contributed by atoms with Crippen LogP contribution in [0.5, 0.6) is 0 Å². The van der Waals surface area contributed by atoms with Gasteiger partial charge in [0.1, 0.15) is 0 Å². The lowest BCUT2D eigenvalue weighted by molar-refractivity contribution is -0.148. The zero-order chi connectivity index (χ0) is 18.4. The van der Waals surface area contributed by atoms with Gasteiger partial charge in [-0.15, -0.1) is 0 Å². The molecule has 2 rings (SSSR count). The van der Waals surface area contributed by atoms with Crippen molar-refractivity contribution in [2.75, 3.05) is 18.1 Å². The molecule has 136 valence electrons. The Balaban J connectivity index is 1.67. The minimum absolute atomic E-state index is 0.0387. The standard InChI is InChI=1S/C16H18ClNO6S/c17-12-3-1-11(2-4-12)14(19)5-6-16(21)24-9-15(20)18-13-7-8-25(22,23)10-13/h1-4,13H,5-10H2,(H,18,20)/t13-/m0/s1. The lowest BCUT2D eigenvalue weighted by Gasteiger charge is -2.11. The van der Waals surface area contributed by atoms with Crippen molar-refractivity contribution in [2.24, 2.45) is 0 Å². The number of hydrogen-bond donors (Lipinski definition) is 1. The van der Waals surface area contributed by atoms with Crippen molar-refractivity contribution in [3.8, 4) is 0 Å². The van der Waals surface area contributed by atoms with Crippen LogP contribution < -0.4 is 5.32 Å². The summed E-state index contributed by atoms with van der Waals surface area (Å²) in [4.78, 5) is 35.2. The summed E-state index contributed by atoms with van der Waals surface area (Å²) in [6, 6.07) is 5.86. The van der Waals surface area contributed by atoms with Gasteiger partial charge in [-0.2, -0.15) is 0 Å². The Kier molecular flexibility index (Phi) is 6.55. The zero-order valence-electron chi connectivity index (χ0n) is 13.4. The number of rotatable bonds is 7. The van der Waals surface area contributed by atoms with Gasteiger partial charge in [0.2, 0.25) is 0 Å². The highest BCUT2D eigenvalue weighted by Crippen LogP contribution is 2.12. The SMILES string of the molecule is O=C(COC(=O)CCC(=O)c1ccc(Cl)cc1)N[C@H]1CCS(=O)(=O)C1. The van der Waals surface area contributed by atoms with E-state index in [1.807, 2.05) is 0 Å². The summed E-state index contributed by atoms with van der Waals surface area (Å²) in [7, 11) is -3.09. The number of benzene rings is 1. The van der Waals surface area contributed by atoms with Crippen LogP contribution in [0.3, 0.4) is 0 Å². The molecule has 7 nitrogen and oxygen atoms in total. The normalized spacial score (nSPS) is 18.5. The summed E-state index contributed by atoms with van der Waals surface area (Å²) in [5.74, 6) is -1.50. The van der Waals surface area contributed by atoms with Gasteiger partial charge in [0, 0.05) is 23.0 Å². The van der Waals surface area contributed by atoms with Gasteiger partial charge in [-0.3, -0.25) is 14.4 Å². The Hall–Kier alpha value is -1.93. The highest BCUT2D eigenvalue weighted by molar-refractivity contribution is 7.91. The van der Waals surface area contributed by atoms with E-state index in [0.29, 0.717) is 17.0 Å². The monoisotopic (exact) mass is 387 g/mol. The van der Waals surface area contributed by atoms with Gasteiger partial charge in [0.25, 0.3) is 5.91 Å². The molecule has 0 bridgehead atoms. The molecule has 1 saturated heterocycles. The van der Waals surface area contributed by atoms with Gasteiger partial charge in [-0.1, -0.05) is 11.6 Å². The first kappa shape index (κ1) is 19.4. The molecule has 0 unspecified atom stereocenters. The molecule has 0 saturated carbocycles. The van der Waals surface area contributed by atoms with Gasteiger partial charge in [0.15, 0.2) is 22.2 Å². The van der Waals surface area contributed by atoms with Crippen molar-refractivity contribution in [3.63, 3.8) is 0 Å². The molecular weight excluding hydrogens is 370 g/mol. The average Bonchev–Trinajstić information content (AvgIpc) is 2.90. The first-order chi connectivity index (χ1) is 11.7. The highest BCUT2D eigenvalue weighted by Gasteiger charge is 2.29. The van der Waals surface area contributed by atoms with E-state index in [1.165, 1.54) is 0 Å². The number of halogens is 1. The number of carbonyl (C=O) groups is 3. The van der Waals surface area contributed by atoms with E-state index in [4.69, 9.17) is 16.3 Å². The maximum atomic E-state index is 11.9. The van der Waals surface area contributed by atoms with E-state index in [2.05, 4.69) is 5.32 Å². The molecule has 0 aliphatic carbocycles. The summed E-state index contributed by atoms with van der Waals surface area (Å²) >= 11 is 5.73. The molecule has 9 heteroatoms. The summed E-state index contributed by atoms with van der Waals surface area (Å²) in [5.41, 5.74) is 0.442. The Bertz CT molecular complexity index is 759. The molecule has 1 amide bonds. The number of hydrogen-bond acceptors (Lipinski definition) is 6. The van der Waals surface area contributed by atoms with Crippen molar-refractivity contribution >= 4 is 39.1 Å². The molecular formula is C16H18ClNO6S. The minimum Gasteiger partial charge on any atom is -0.456 e. The van der Waals surface area contributed by atoms with Crippen LogP contribution in [0.25, 0.3) is 0 Å². The molecule has 1 aromatic carbocycles. The second-order valence-electron chi connectivity index (χ2n) is 5.76. The Labute approximate surface area is 150 Å². The number of sulfone groups is 1. The lowest BCUT2D eigenvalue weighted by atomic mass is 10.1. The van der Waals surface area contributed by atoms with Crippen molar-refractivity contribution in [1.82, 2.24) is 5.32 Å². The van der Waals surface area contributed by atoms with Crippen molar-refractivity contribution in [3.05, 3.63) is 34.9 Å². The quantitative estimate of drug-likeness (QED) is 0.555. The van der Waals surface area contributed by atoms with Crippen LogP contribution in [0.2, 0.25) is 5.02 Å². The predicted molar refractivity (Wildman–Crippen MR) is 91.2 cm³/mol. The van der Waals surface area contributed by atoms with Gasteiger partial charge < -0.3 is 10.1 Å². The zero-order valence-corrected chi connectivity index (χ0v) is 14.9. The van der Waals surface area contributed by atoms with Crippen LogP contribution in [-0.2, 0) is 24.2 Å². The third-order valence-electron chi connectivity index (χ3n) is 3.68. The molecule has 1 heterocycles. The third kappa shape index (κ3) is 6.47. The van der Waals surface area contributed by atoms with Crippen LogP contribution >= 0.6 is 11.6 Å². The molecule has 0 aromatic heterocycles. The van der Waals surface area contributed by atoms with Crippen LogP contribution in [0, 0.1) is 0 Å². The summed E-state index contributed by atoms with van der Waals surface area (Å²) in [6.07, 6.45) is 0.174. The molecule has 1 aliphatic rings. The number of ketones is 1. The maximum absolute atomic E-state index is 11.9. The van der Waals surface area contributed by atoms with Crippen LogP contribution in [-0.4, -0.2) is 50.2 Å². The van der Waals surface area contributed by atoms with Crippen molar-refractivity contribution in [2.45, 2.75) is 25.3 Å². The first-order valence-corrected chi connectivity index (χ1v) is 9.89. The van der Waals surface area contributed by atoms with Gasteiger partial charge in [-0.25, -0.2) is 8.42 Å². The van der Waals surface area contributed by atoms with Crippen LogP contribution in [0.1, 0.15) is 29.6 Å². The molecule has 1 aromatic rings. The smallest absolute Gasteiger partial charge is 0.306 e. The molecule has 1 N–H and O–H groups in total. The molecule has 0 spiro atoms. The second-order valence-corrected chi connectivity index (χ2v) is 8.42. The largest absolute Gasteiger partial charge is 0.456 e. The summed E-state index contributed by atoms with van der Waals surface area (Å²) in [5, 5.41) is 3.02. The minimum atomic E-state index is -3.09. The van der Waals surface area contributed by atoms with Gasteiger partial charge in [0.05, 0.1) is 17.9 Å². The number of carbonyl (C=O) groups excluding carboxylic acids is 3. The van der Waals surface area contributed by atoms with E-state index in [9.17, 15) is 22.8 Å². The maximum Gasteiger partial charge on any atom is 0.306 e. The lowest BCUT2D eigenvalue weighted by Crippen LogP contribution is -2.38. The molecule has 25 heavy (non-hydrogen) atoms. The van der Waals surface area contributed by atoms with Crippen molar-refractivity contribution < 1.29 is 27.5 Å². The Morgan fingerprint density at radius 1 is 1.16 bits per heavy atom. The van der Waals surface area contributed by atoms with Gasteiger partial charge >= 0.3 is 5.97 Å². The molecule has 1 fully saturated rings. The molecule has 0 radical (unpaired) electrons. The Morgan fingerprint density at radius 3 is 2.44 bits per heavy atom. The number of Topliss-reactive ketones (excluding diaryl/α,β-unsaturated/α-hetero) is 1. The van der Waals surface area contributed by atoms with E-state index in [0.717, 1.165) is 0 Å². The molecule has 1 atom stereocenters. The Morgan fingerprint density at radius 2 is 1.84 bits per heavy atom. The van der Waals surface area contributed by atoms with E-state index in [1.54, 1.807) is 24.3 Å². The highest BCUT2D eigenvalue weighted by atomic mass is 35.5. The van der Waals surface area contributed by atoms with Gasteiger partial charge in [-0.05, 0) is 30.7 Å². The fraction of sp³-hybridized carbons (Fsp3) is 0.438. The number of esters is 1. The third-order valence-corrected chi connectivity index (χ3v) is 5.70. The van der Waals surface area contributed by atoms with Crippen LogP contribution in [0.4, 0.5) is 0 Å². The fourth-order valence-corrected chi connectivity index (χ4v) is 4.19. The van der Waals surface area contributed by atoms with Crippen LogP contribution in [0.15, 0.2) is 24.3 Å². The predicted octanol–water partition coefficient (Wildman–Crippen LogP) is 1.15. The van der Waals surface area contributed by atoms with E-state index >= 15 is 0 Å². The number of ether oxygens (including phenoxy) is 1. The topological polar surface area (TPSA) is 107 Å². The average molecular weight is 388 g/mol. The fourth-order valence-electron chi connectivity index (χ4n) is 2.39.